The number of aliphatic hydroxyl groups excluding tert-OH is 1. The highest BCUT2D eigenvalue weighted by Gasteiger charge is 2.26. The fourth-order valence-corrected chi connectivity index (χ4v) is 2.26. The van der Waals surface area contributed by atoms with E-state index in [1.807, 2.05) is 26.8 Å². The van der Waals surface area contributed by atoms with Gasteiger partial charge in [-0.05, 0) is 24.0 Å². The first-order valence-electron chi connectivity index (χ1n) is 7.05. The van der Waals surface area contributed by atoms with Gasteiger partial charge in [0, 0.05) is 25.0 Å². The molecular weight excluding hydrogens is 266 g/mol. The molecule has 0 aliphatic rings. The zero-order chi connectivity index (χ0) is 15.5. The lowest BCUT2D eigenvalue weighted by atomic mass is 9.84. The smallest absolute Gasteiger partial charge is 0.253 e. The van der Waals surface area contributed by atoms with Crippen LogP contribution in [0.2, 0.25) is 0 Å². The van der Waals surface area contributed by atoms with E-state index in [1.54, 1.807) is 24.5 Å². The first-order valence-corrected chi connectivity index (χ1v) is 7.05. The van der Waals surface area contributed by atoms with E-state index in [4.69, 9.17) is 0 Å². The number of rotatable bonds is 4. The minimum atomic E-state index is -0.186. The molecule has 0 aliphatic heterocycles. The molecule has 0 aliphatic carbocycles. The number of fused-ring (bicyclic) bond motifs is 1. The number of hydrogen-bond donors (Lipinski definition) is 2. The lowest BCUT2D eigenvalue weighted by molar-refractivity contribution is 0.0886. The molecule has 1 amide bonds. The highest BCUT2D eigenvalue weighted by molar-refractivity contribution is 6.04. The predicted molar refractivity (Wildman–Crippen MR) is 82.0 cm³/mol. The van der Waals surface area contributed by atoms with Crippen molar-refractivity contribution in [2.24, 2.45) is 5.41 Å². The number of para-hydroxylation sites is 1. The molecule has 0 saturated heterocycles. The molecule has 0 bridgehead atoms. The highest BCUT2D eigenvalue weighted by atomic mass is 16.3. The van der Waals surface area contributed by atoms with Gasteiger partial charge in [-0.15, -0.1) is 0 Å². The highest BCUT2D eigenvalue weighted by Crippen LogP contribution is 2.22. The van der Waals surface area contributed by atoms with Crippen LogP contribution in [0, 0.1) is 5.41 Å². The van der Waals surface area contributed by atoms with Crippen molar-refractivity contribution in [2.45, 2.75) is 33.2 Å². The van der Waals surface area contributed by atoms with Gasteiger partial charge in [0.1, 0.15) is 5.52 Å². The molecule has 0 fully saturated rings. The Hall–Kier alpha value is -2.01. The number of benzene rings is 1. The number of hydrogen-bond acceptors (Lipinski definition) is 4. The largest absolute Gasteiger partial charge is 0.396 e. The Morgan fingerprint density at radius 2 is 2.00 bits per heavy atom. The summed E-state index contributed by atoms with van der Waals surface area (Å²) in [5, 5.41) is 12.2. The number of nitrogens with one attached hydrogen (secondary N) is 1. The number of nitrogens with zero attached hydrogens (tertiary/aromatic N) is 2. The number of aliphatic hydroxyl groups is 1. The van der Waals surface area contributed by atoms with Crippen LogP contribution in [0.4, 0.5) is 0 Å². The Morgan fingerprint density at radius 3 is 2.67 bits per heavy atom. The fourth-order valence-electron chi connectivity index (χ4n) is 2.26. The third-order valence-corrected chi connectivity index (χ3v) is 3.51. The van der Waals surface area contributed by atoms with Gasteiger partial charge in [-0.3, -0.25) is 14.8 Å². The second-order valence-electron chi connectivity index (χ2n) is 6.13. The third-order valence-electron chi connectivity index (χ3n) is 3.51. The zero-order valence-corrected chi connectivity index (χ0v) is 12.6. The SMILES string of the molecule is CC(C)(C)C(CCO)NC(=O)c1cccc2nccnc12. The van der Waals surface area contributed by atoms with Gasteiger partial charge >= 0.3 is 0 Å². The molecule has 1 atom stereocenters. The monoisotopic (exact) mass is 287 g/mol. The molecule has 1 aromatic carbocycles. The second-order valence-corrected chi connectivity index (χ2v) is 6.13. The average Bonchev–Trinajstić information content (AvgIpc) is 2.45. The van der Waals surface area contributed by atoms with Gasteiger partial charge < -0.3 is 10.4 Å². The Balaban J connectivity index is 2.30. The normalized spacial score (nSPS) is 13.1. The van der Waals surface area contributed by atoms with Crippen molar-refractivity contribution in [1.82, 2.24) is 15.3 Å². The van der Waals surface area contributed by atoms with Gasteiger partial charge in [0.15, 0.2) is 0 Å². The summed E-state index contributed by atoms with van der Waals surface area (Å²) >= 11 is 0. The van der Waals surface area contributed by atoms with E-state index in [0.717, 1.165) is 0 Å². The van der Waals surface area contributed by atoms with Crippen LogP contribution in [-0.2, 0) is 0 Å². The third kappa shape index (κ3) is 3.55. The van der Waals surface area contributed by atoms with E-state index in [9.17, 15) is 9.90 Å². The molecular formula is C16H21N3O2. The van der Waals surface area contributed by atoms with Crippen molar-refractivity contribution in [3.8, 4) is 0 Å². The summed E-state index contributed by atoms with van der Waals surface area (Å²) in [5.41, 5.74) is 1.66. The van der Waals surface area contributed by atoms with E-state index in [2.05, 4.69) is 15.3 Å². The van der Waals surface area contributed by atoms with Gasteiger partial charge in [-0.1, -0.05) is 26.8 Å². The van der Waals surface area contributed by atoms with Crippen molar-refractivity contribution in [2.75, 3.05) is 6.61 Å². The minimum Gasteiger partial charge on any atom is -0.396 e. The molecule has 0 radical (unpaired) electrons. The maximum atomic E-state index is 12.5. The van der Waals surface area contributed by atoms with Gasteiger partial charge in [-0.2, -0.15) is 0 Å². The fraction of sp³-hybridized carbons (Fsp3) is 0.438. The molecule has 5 heteroatoms. The van der Waals surface area contributed by atoms with Crippen molar-refractivity contribution >= 4 is 16.9 Å². The number of aromatic nitrogens is 2. The van der Waals surface area contributed by atoms with Crippen LogP contribution in [0.5, 0.6) is 0 Å². The standard InChI is InChI=1S/C16H21N3O2/c1-16(2,3)13(7-10-20)19-15(21)11-5-4-6-12-14(11)18-9-8-17-12/h4-6,8-9,13,20H,7,10H2,1-3H3,(H,19,21). The molecule has 1 aromatic heterocycles. The molecule has 0 saturated carbocycles. The summed E-state index contributed by atoms with van der Waals surface area (Å²) in [4.78, 5) is 21.0. The summed E-state index contributed by atoms with van der Waals surface area (Å²) in [6.07, 6.45) is 3.70. The molecule has 21 heavy (non-hydrogen) atoms. The van der Waals surface area contributed by atoms with Crippen LogP contribution in [0.15, 0.2) is 30.6 Å². The topological polar surface area (TPSA) is 75.1 Å². The van der Waals surface area contributed by atoms with Gasteiger partial charge in [0.2, 0.25) is 0 Å². The van der Waals surface area contributed by atoms with Crippen molar-refractivity contribution < 1.29 is 9.90 Å². The first kappa shape index (κ1) is 15.4. The Morgan fingerprint density at radius 1 is 1.29 bits per heavy atom. The minimum absolute atomic E-state index is 0.0392. The Kier molecular flexibility index (Phi) is 4.53. The predicted octanol–water partition coefficient (Wildman–Crippen LogP) is 2.16. The van der Waals surface area contributed by atoms with E-state index in [1.165, 1.54) is 0 Å². The summed E-state index contributed by atoms with van der Waals surface area (Å²) in [6.45, 7) is 6.15. The van der Waals surface area contributed by atoms with Gasteiger partial charge in [0.25, 0.3) is 5.91 Å². The van der Waals surface area contributed by atoms with Crippen LogP contribution in [-0.4, -0.2) is 33.6 Å². The Labute approximate surface area is 124 Å². The number of carbonyl (C=O) groups is 1. The van der Waals surface area contributed by atoms with E-state index in [0.29, 0.717) is 23.0 Å². The van der Waals surface area contributed by atoms with Crippen molar-refractivity contribution in [3.05, 3.63) is 36.2 Å². The summed E-state index contributed by atoms with van der Waals surface area (Å²) in [6, 6.07) is 5.25. The quantitative estimate of drug-likeness (QED) is 0.903. The molecule has 5 nitrogen and oxygen atoms in total. The maximum Gasteiger partial charge on any atom is 0.253 e. The molecule has 0 spiro atoms. The molecule has 2 rings (SSSR count). The molecule has 2 aromatic rings. The summed E-state index contributed by atoms with van der Waals surface area (Å²) in [5.74, 6) is -0.186. The molecule has 1 unspecified atom stereocenters. The Bertz CT molecular complexity index is 629. The van der Waals surface area contributed by atoms with Crippen LogP contribution in [0.3, 0.4) is 0 Å². The van der Waals surface area contributed by atoms with Crippen molar-refractivity contribution in [3.63, 3.8) is 0 Å². The van der Waals surface area contributed by atoms with Gasteiger partial charge in [0.05, 0.1) is 11.1 Å². The average molecular weight is 287 g/mol. The maximum absolute atomic E-state index is 12.5. The summed E-state index contributed by atoms with van der Waals surface area (Å²) in [7, 11) is 0. The van der Waals surface area contributed by atoms with Crippen LogP contribution in [0.25, 0.3) is 11.0 Å². The van der Waals surface area contributed by atoms with Gasteiger partial charge in [-0.25, -0.2) is 0 Å². The molecule has 1 heterocycles. The van der Waals surface area contributed by atoms with E-state index in [-0.39, 0.29) is 24.0 Å². The number of carbonyl (C=O) groups excluding carboxylic acids is 1. The second kappa shape index (κ2) is 6.18. The molecule has 2 N–H and O–H groups in total. The first-order chi connectivity index (χ1) is 9.93. The van der Waals surface area contributed by atoms with E-state index >= 15 is 0 Å². The van der Waals surface area contributed by atoms with Crippen LogP contribution < -0.4 is 5.32 Å². The number of amides is 1. The lowest BCUT2D eigenvalue weighted by Crippen LogP contribution is -2.44. The summed E-state index contributed by atoms with van der Waals surface area (Å²) < 4.78 is 0. The van der Waals surface area contributed by atoms with E-state index < -0.39 is 0 Å². The van der Waals surface area contributed by atoms with Crippen molar-refractivity contribution in [1.29, 1.82) is 0 Å². The lowest BCUT2D eigenvalue weighted by Gasteiger charge is -2.31. The van der Waals surface area contributed by atoms with Crippen LogP contribution >= 0.6 is 0 Å². The zero-order valence-electron chi connectivity index (χ0n) is 12.6. The molecule has 112 valence electrons. The van der Waals surface area contributed by atoms with Crippen LogP contribution in [0.1, 0.15) is 37.6 Å².